The molecule has 3 heterocycles. The molecule has 0 saturated carbocycles. The molecule has 0 aliphatic carbocycles. The Morgan fingerprint density at radius 3 is 2.70 bits per heavy atom. The number of hydrogen-bond donors (Lipinski definition) is 1. The maximum absolute atomic E-state index is 12.4. The summed E-state index contributed by atoms with van der Waals surface area (Å²) in [7, 11) is 1.91. The molecule has 1 N–H and O–H groups in total. The molecule has 3 aromatic heterocycles. The number of carbonyl (C=O) groups excluding carboxylic acids is 1. The van der Waals surface area contributed by atoms with E-state index in [9.17, 15) is 4.79 Å². The number of nitrogens with zero attached hydrogens (tertiary/aromatic N) is 4. The number of hydrogen-bond acceptors (Lipinski definition) is 7. The summed E-state index contributed by atoms with van der Waals surface area (Å²) in [6.07, 6.45) is 1.00. The minimum absolute atomic E-state index is 0.134. The molecule has 10 heteroatoms. The number of aromatic nitrogens is 4. The summed E-state index contributed by atoms with van der Waals surface area (Å²) in [5.41, 5.74) is 2.82. The molecule has 30 heavy (non-hydrogen) atoms. The zero-order valence-electron chi connectivity index (χ0n) is 16.3. The van der Waals surface area contributed by atoms with Gasteiger partial charge in [0.1, 0.15) is 0 Å². The van der Waals surface area contributed by atoms with Crippen LogP contribution in [0.15, 0.2) is 46.2 Å². The van der Waals surface area contributed by atoms with E-state index in [0.29, 0.717) is 15.3 Å². The average molecular weight is 476 g/mol. The summed E-state index contributed by atoms with van der Waals surface area (Å²) < 4.78 is 1.92. The number of thioether (sulfide) groups is 1. The standard InChI is InChI=1S/C20H18ClN5OS3/c1-3-15-8-13(9-28-15)18-24-25-20(26(18)2)30-11-17(27)23-19-22-16(10-29-19)12-4-6-14(21)7-5-12/h4-10H,3,11H2,1-2H3,(H,22,23,27). The van der Waals surface area contributed by atoms with E-state index in [1.165, 1.54) is 28.0 Å². The van der Waals surface area contributed by atoms with E-state index in [4.69, 9.17) is 11.6 Å². The van der Waals surface area contributed by atoms with E-state index in [0.717, 1.165) is 29.1 Å². The highest BCUT2D eigenvalue weighted by Crippen LogP contribution is 2.28. The van der Waals surface area contributed by atoms with Crippen LogP contribution in [0.5, 0.6) is 0 Å². The van der Waals surface area contributed by atoms with Crippen LogP contribution in [-0.4, -0.2) is 31.4 Å². The van der Waals surface area contributed by atoms with Crippen LogP contribution in [0.3, 0.4) is 0 Å². The van der Waals surface area contributed by atoms with Gasteiger partial charge in [0.15, 0.2) is 16.1 Å². The summed E-state index contributed by atoms with van der Waals surface area (Å²) in [5.74, 6) is 0.901. The van der Waals surface area contributed by atoms with Gasteiger partial charge in [0.25, 0.3) is 0 Å². The van der Waals surface area contributed by atoms with Gasteiger partial charge in [-0.3, -0.25) is 4.79 Å². The predicted octanol–water partition coefficient (Wildman–Crippen LogP) is 5.61. The predicted molar refractivity (Wildman–Crippen MR) is 126 cm³/mol. The first-order valence-electron chi connectivity index (χ1n) is 9.14. The molecule has 0 unspecified atom stereocenters. The fourth-order valence-corrected chi connectivity index (χ4v) is 5.13. The first kappa shape index (κ1) is 21.0. The van der Waals surface area contributed by atoms with Crippen molar-refractivity contribution in [2.24, 2.45) is 7.05 Å². The lowest BCUT2D eigenvalue weighted by atomic mass is 10.2. The van der Waals surface area contributed by atoms with E-state index < -0.39 is 0 Å². The van der Waals surface area contributed by atoms with Crippen molar-refractivity contribution in [2.45, 2.75) is 18.5 Å². The van der Waals surface area contributed by atoms with Gasteiger partial charge in [0, 0.05) is 38.8 Å². The minimum Gasteiger partial charge on any atom is -0.305 e. The van der Waals surface area contributed by atoms with Crippen molar-refractivity contribution < 1.29 is 4.79 Å². The molecule has 4 rings (SSSR count). The van der Waals surface area contributed by atoms with Gasteiger partial charge in [-0.15, -0.1) is 32.9 Å². The third-order valence-corrected chi connectivity index (χ3v) is 7.43. The normalized spacial score (nSPS) is 11.0. The second-order valence-corrected chi connectivity index (χ2v) is 9.63. The van der Waals surface area contributed by atoms with E-state index in [1.54, 1.807) is 11.3 Å². The van der Waals surface area contributed by atoms with Crippen LogP contribution in [0.4, 0.5) is 5.13 Å². The largest absolute Gasteiger partial charge is 0.305 e. The van der Waals surface area contributed by atoms with Gasteiger partial charge in [0.2, 0.25) is 5.91 Å². The van der Waals surface area contributed by atoms with Crippen molar-refractivity contribution in [3.63, 3.8) is 0 Å². The van der Waals surface area contributed by atoms with Crippen LogP contribution in [0.2, 0.25) is 5.02 Å². The second-order valence-electron chi connectivity index (χ2n) is 6.40. The molecule has 0 fully saturated rings. The van der Waals surface area contributed by atoms with Crippen molar-refractivity contribution >= 4 is 57.1 Å². The minimum atomic E-state index is -0.134. The zero-order valence-corrected chi connectivity index (χ0v) is 19.5. The Morgan fingerprint density at radius 1 is 1.17 bits per heavy atom. The van der Waals surface area contributed by atoms with Gasteiger partial charge in [-0.1, -0.05) is 42.4 Å². The van der Waals surface area contributed by atoms with Gasteiger partial charge in [0.05, 0.1) is 11.4 Å². The SMILES string of the molecule is CCc1cc(-c2nnc(SCC(=O)Nc3nc(-c4ccc(Cl)cc4)cs3)n2C)cs1. The molecular formula is C20H18ClN5OS3. The average Bonchev–Trinajstić information content (AvgIpc) is 3.47. The number of anilines is 1. The second kappa shape index (κ2) is 9.30. The highest BCUT2D eigenvalue weighted by molar-refractivity contribution is 7.99. The number of carbonyl (C=O) groups is 1. The summed E-state index contributed by atoms with van der Waals surface area (Å²) in [4.78, 5) is 18.2. The number of thiazole rings is 1. The van der Waals surface area contributed by atoms with E-state index in [1.807, 2.05) is 41.3 Å². The molecule has 0 aliphatic rings. The van der Waals surface area contributed by atoms with Crippen LogP contribution >= 0.6 is 46.0 Å². The lowest BCUT2D eigenvalue weighted by molar-refractivity contribution is -0.113. The Bertz CT molecular complexity index is 1170. The Labute approximate surface area is 191 Å². The van der Waals surface area contributed by atoms with Crippen molar-refractivity contribution in [2.75, 3.05) is 11.1 Å². The number of halogens is 1. The van der Waals surface area contributed by atoms with Crippen LogP contribution in [-0.2, 0) is 18.3 Å². The topological polar surface area (TPSA) is 72.7 Å². The van der Waals surface area contributed by atoms with Gasteiger partial charge < -0.3 is 9.88 Å². The number of aryl methyl sites for hydroxylation is 1. The van der Waals surface area contributed by atoms with E-state index >= 15 is 0 Å². The Balaban J connectivity index is 1.36. The quantitative estimate of drug-likeness (QED) is 0.351. The van der Waals surface area contributed by atoms with Crippen LogP contribution in [0, 0.1) is 0 Å². The zero-order chi connectivity index (χ0) is 21.1. The van der Waals surface area contributed by atoms with Crippen molar-refractivity contribution in [1.29, 1.82) is 0 Å². The van der Waals surface area contributed by atoms with Crippen LogP contribution in [0.25, 0.3) is 22.6 Å². The van der Waals surface area contributed by atoms with Gasteiger partial charge in [-0.05, 0) is 24.6 Å². The number of benzene rings is 1. The van der Waals surface area contributed by atoms with Gasteiger partial charge >= 0.3 is 0 Å². The maximum Gasteiger partial charge on any atom is 0.236 e. The monoisotopic (exact) mass is 475 g/mol. The summed E-state index contributed by atoms with van der Waals surface area (Å²) in [5, 5.41) is 17.3. The molecule has 1 aromatic carbocycles. The molecule has 0 saturated heterocycles. The highest BCUT2D eigenvalue weighted by Gasteiger charge is 2.15. The Kier molecular flexibility index (Phi) is 6.52. The molecule has 6 nitrogen and oxygen atoms in total. The van der Waals surface area contributed by atoms with Crippen molar-refractivity contribution in [3.05, 3.63) is 51.0 Å². The highest BCUT2D eigenvalue weighted by atomic mass is 35.5. The molecule has 0 bridgehead atoms. The molecule has 0 aliphatic heterocycles. The summed E-state index contributed by atoms with van der Waals surface area (Å²) in [6.45, 7) is 2.13. The van der Waals surface area contributed by atoms with Gasteiger partial charge in [-0.2, -0.15) is 0 Å². The number of thiophene rings is 1. The van der Waals surface area contributed by atoms with Crippen LogP contribution < -0.4 is 5.32 Å². The Hall–Kier alpha value is -2.20. The number of amides is 1. The molecule has 4 aromatic rings. The van der Waals surface area contributed by atoms with Crippen molar-refractivity contribution in [3.8, 4) is 22.6 Å². The molecular weight excluding hydrogens is 458 g/mol. The summed E-state index contributed by atoms with van der Waals surface area (Å²) >= 11 is 10.4. The fraction of sp³-hybridized carbons (Fsp3) is 0.200. The molecule has 154 valence electrons. The van der Waals surface area contributed by atoms with E-state index in [-0.39, 0.29) is 11.7 Å². The van der Waals surface area contributed by atoms with Crippen LogP contribution in [0.1, 0.15) is 11.8 Å². The smallest absolute Gasteiger partial charge is 0.236 e. The third kappa shape index (κ3) is 4.75. The number of nitrogens with one attached hydrogen (secondary N) is 1. The third-order valence-electron chi connectivity index (χ3n) is 4.32. The van der Waals surface area contributed by atoms with E-state index in [2.05, 4.69) is 38.9 Å². The lowest BCUT2D eigenvalue weighted by Gasteiger charge is -2.03. The molecule has 0 atom stereocenters. The Morgan fingerprint density at radius 2 is 1.97 bits per heavy atom. The lowest BCUT2D eigenvalue weighted by Crippen LogP contribution is -2.14. The molecule has 0 spiro atoms. The molecule has 0 radical (unpaired) electrons. The van der Waals surface area contributed by atoms with Gasteiger partial charge in [-0.25, -0.2) is 4.98 Å². The molecule has 1 amide bonds. The number of rotatable bonds is 7. The fourth-order valence-electron chi connectivity index (χ4n) is 2.75. The van der Waals surface area contributed by atoms with Crippen molar-refractivity contribution in [1.82, 2.24) is 19.7 Å². The summed E-state index contributed by atoms with van der Waals surface area (Å²) in [6, 6.07) is 9.58. The first-order valence-corrected chi connectivity index (χ1v) is 12.3. The first-order chi connectivity index (χ1) is 14.5. The maximum atomic E-state index is 12.4.